The van der Waals surface area contributed by atoms with Gasteiger partial charge < -0.3 is 14.4 Å². The molecule has 1 heterocycles. The number of methoxy groups -OCH3 is 2. The lowest BCUT2D eigenvalue weighted by Gasteiger charge is -2.16. The minimum Gasteiger partial charge on any atom is -0.496 e. The molecule has 0 N–H and O–H groups in total. The largest absolute Gasteiger partial charge is 0.496 e. The fourth-order valence-corrected chi connectivity index (χ4v) is 3.22. The van der Waals surface area contributed by atoms with Crippen molar-refractivity contribution in [3.8, 4) is 5.75 Å². The van der Waals surface area contributed by atoms with Gasteiger partial charge in [0, 0.05) is 26.6 Å². The van der Waals surface area contributed by atoms with E-state index in [1.165, 1.54) is 5.56 Å². The van der Waals surface area contributed by atoms with Crippen molar-refractivity contribution in [1.29, 1.82) is 0 Å². The van der Waals surface area contributed by atoms with Gasteiger partial charge in [-0.05, 0) is 42.9 Å². The van der Waals surface area contributed by atoms with E-state index >= 15 is 0 Å². The Morgan fingerprint density at radius 2 is 1.90 bits per heavy atom. The summed E-state index contributed by atoms with van der Waals surface area (Å²) in [5.41, 5.74) is 3.61. The zero-order chi connectivity index (χ0) is 15.4. The Balaban J connectivity index is 2.01. The van der Waals surface area contributed by atoms with Crippen LogP contribution in [0.1, 0.15) is 23.1 Å². The summed E-state index contributed by atoms with van der Waals surface area (Å²) in [6.07, 6.45) is 1.59. The summed E-state index contributed by atoms with van der Waals surface area (Å²) in [5, 5.41) is 0. The maximum atomic E-state index is 12.0. The SMILES string of the molecule is COCCN1C[C@@H](Cc2cc(C)c(OC)c(C)c2)CC1=O. The molecule has 0 aliphatic carbocycles. The van der Waals surface area contributed by atoms with E-state index in [4.69, 9.17) is 9.47 Å². The maximum Gasteiger partial charge on any atom is 0.223 e. The summed E-state index contributed by atoms with van der Waals surface area (Å²) in [6, 6.07) is 4.35. The van der Waals surface area contributed by atoms with Gasteiger partial charge in [0.1, 0.15) is 5.75 Å². The predicted octanol–water partition coefficient (Wildman–Crippen LogP) is 2.35. The first-order valence-corrected chi connectivity index (χ1v) is 7.46. The van der Waals surface area contributed by atoms with Crippen molar-refractivity contribution >= 4 is 5.91 Å². The number of aryl methyl sites for hydroxylation is 2. The molecule has 2 rings (SSSR count). The number of hydrogen-bond donors (Lipinski definition) is 0. The molecule has 21 heavy (non-hydrogen) atoms. The number of likely N-dealkylation sites (tertiary alicyclic amines) is 1. The zero-order valence-corrected chi connectivity index (χ0v) is 13.4. The van der Waals surface area contributed by atoms with E-state index in [-0.39, 0.29) is 5.91 Å². The number of nitrogens with zero attached hydrogens (tertiary/aromatic N) is 1. The van der Waals surface area contributed by atoms with Gasteiger partial charge in [-0.2, -0.15) is 0 Å². The molecule has 0 radical (unpaired) electrons. The Labute approximate surface area is 127 Å². The van der Waals surface area contributed by atoms with Gasteiger partial charge in [0.05, 0.1) is 13.7 Å². The number of carbonyl (C=O) groups excluding carboxylic acids is 1. The molecule has 1 aromatic rings. The van der Waals surface area contributed by atoms with Crippen molar-refractivity contribution in [2.45, 2.75) is 26.7 Å². The number of benzene rings is 1. The Morgan fingerprint density at radius 3 is 2.48 bits per heavy atom. The molecule has 0 saturated carbocycles. The van der Waals surface area contributed by atoms with E-state index in [0.717, 1.165) is 29.8 Å². The lowest BCUT2D eigenvalue weighted by molar-refractivity contribution is -0.128. The second-order valence-corrected chi connectivity index (χ2v) is 5.87. The molecule has 116 valence electrons. The highest BCUT2D eigenvalue weighted by atomic mass is 16.5. The van der Waals surface area contributed by atoms with Crippen LogP contribution in [-0.4, -0.2) is 44.7 Å². The van der Waals surface area contributed by atoms with Crippen LogP contribution < -0.4 is 4.74 Å². The number of amides is 1. The van der Waals surface area contributed by atoms with Crippen molar-refractivity contribution < 1.29 is 14.3 Å². The van der Waals surface area contributed by atoms with Crippen LogP contribution in [0, 0.1) is 19.8 Å². The summed E-state index contributed by atoms with van der Waals surface area (Å²) in [5.74, 6) is 1.61. The molecule has 1 saturated heterocycles. The van der Waals surface area contributed by atoms with Crippen LogP contribution in [0.5, 0.6) is 5.75 Å². The highest BCUT2D eigenvalue weighted by molar-refractivity contribution is 5.78. The van der Waals surface area contributed by atoms with Crippen LogP contribution in [0.4, 0.5) is 0 Å². The van der Waals surface area contributed by atoms with Gasteiger partial charge in [0.15, 0.2) is 0 Å². The fraction of sp³-hybridized carbons (Fsp3) is 0.588. The van der Waals surface area contributed by atoms with E-state index in [9.17, 15) is 4.79 Å². The molecule has 1 aliphatic rings. The highest BCUT2D eigenvalue weighted by Gasteiger charge is 2.29. The Kier molecular flexibility index (Phi) is 5.23. The van der Waals surface area contributed by atoms with Crippen molar-refractivity contribution in [2.24, 2.45) is 5.92 Å². The molecule has 1 aliphatic heterocycles. The van der Waals surface area contributed by atoms with E-state index in [1.807, 2.05) is 4.90 Å². The van der Waals surface area contributed by atoms with Crippen molar-refractivity contribution in [3.63, 3.8) is 0 Å². The van der Waals surface area contributed by atoms with Crippen molar-refractivity contribution in [2.75, 3.05) is 33.9 Å². The second kappa shape index (κ2) is 6.94. The lowest BCUT2D eigenvalue weighted by atomic mass is 9.95. The summed E-state index contributed by atoms with van der Waals surface area (Å²) in [6.45, 7) is 6.29. The van der Waals surface area contributed by atoms with Gasteiger partial charge in [-0.25, -0.2) is 0 Å². The summed E-state index contributed by atoms with van der Waals surface area (Å²) in [7, 11) is 3.37. The molecule has 1 amide bonds. The standard InChI is InChI=1S/C17H25NO3/c1-12-7-14(8-13(2)17(12)21-4)9-15-10-16(19)18(11-15)5-6-20-3/h7-8,15H,5-6,9-11H2,1-4H3/t15-/m0/s1. The van der Waals surface area contributed by atoms with Gasteiger partial charge in [-0.15, -0.1) is 0 Å². The third kappa shape index (κ3) is 3.76. The number of carbonyl (C=O) groups is 1. The average molecular weight is 291 g/mol. The number of ether oxygens (including phenoxy) is 2. The van der Waals surface area contributed by atoms with Gasteiger partial charge in [-0.3, -0.25) is 4.79 Å². The van der Waals surface area contributed by atoms with Crippen LogP contribution in [0.3, 0.4) is 0 Å². The van der Waals surface area contributed by atoms with Crippen molar-refractivity contribution in [1.82, 2.24) is 4.90 Å². The quantitative estimate of drug-likeness (QED) is 0.807. The topological polar surface area (TPSA) is 38.8 Å². The second-order valence-electron chi connectivity index (χ2n) is 5.87. The molecule has 0 unspecified atom stereocenters. The molecule has 0 spiro atoms. The zero-order valence-electron chi connectivity index (χ0n) is 13.4. The fourth-order valence-electron chi connectivity index (χ4n) is 3.22. The minimum absolute atomic E-state index is 0.249. The third-order valence-electron chi connectivity index (χ3n) is 4.11. The van der Waals surface area contributed by atoms with E-state index in [1.54, 1.807) is 14.2 Å². The number of rotatable bonds is 6. The van der Waals surface area contributed by atoms with Crippen LogP contribution in [-0.2, 0) is 16.0 Å². The summed E-state index contributed by atoms with van der Waals surface area (Å²) < 4.78 is 10.5. The normalized spacial score (nSPS) is 18.4. The first-order chi connectivity index (χ1) is 10.0. The molecule has 4 nitrogen and oxygen atoms in total. The van der Waals surface area contributed by atoms with Crippen LogP contribution in [0.15, 0.2) is 12.1 Å². The maximum absolute atomic E-state index is 12.0. The molecule has 1 fully saturated rings. The molecule has 0 aromatic heterocycles. The number of hydrogen-bond acceptors (Lipinski definition) is 3. The average Bonchev–Trinajstić information content (AvgIpc) is 2.76. The Hall–Kier alpha value is -1.55. The molecule has 0 bridgehead atoms. The van der Waals surface area contributed by atoms with Gasteiger partial charge in [0.2, 0.25) is 5.91 Å². The van der Waals surface area contributed by atoms with Crippen LogP contribution >= 0.6 is 0 Å². The molecular weight excluding hydrogens is 266 g/mol. The summed E-state index contributed by atoms with van der Waals surface area (Å²) in [4.78, 5) is 13.9. The lowest BCUT2D eigenvalue weighted by Crippen LogP contribution is -2.28. The Bertz CT molecular complexity index is 490. The van der Waals surface area contributed by atoms with Crippen molar-refractivity contribution in [3.05, 3.63) is 28.8 Å². The molecule has 1 atom stereocenters. The monoisotopic (exact) mass is 291 g/mol. The minimum atomic E-state index is 0.249. The van der Waals surface area contributed by atoms with E-state index < -0.39 is 0 Å². The van der Waals surface area contributed by atoms with Crippen LogP contribution in [0.25, 0.3) is 0 Å². The van der Waals surface area contributed by atoms with E-state index in [2.05, 4.69) is 26.0 Å². The van der Waals surface area contributed by atoms with Gasteiger partial charge in [0.25, 0.3) is 0 Å². The smallest absolute Gasteiger partial charge is 0.223 e. The molecular formula is C17H25NO3. The first kappa shape index (κ1) is 15.8. The molecule has 4 heteroatoms. The Morgan fingerprint density at radius 1 is 1.24 bits per heavy atom. The van der Waals surface area contributed by atoms with Crippen LogP contribution in [0.2, 0.25) is 0 Å². The van der Waals surface area contributed by atoms with Gasteiger partial charge >= 0.3 is 0 Å². The predicted molar refractivity (Wildman–Crippen MR) is 82.7 cm³/mol. The first-order valence-electron chi connectivity index (χ1n) is 7.46. The van der Waals surface area contributed by atoms with E-state index in [0.29, 0.717) is 25.5 Å². The van der Waals surface area contributed by atoms with Gasteiger partial charge in [-0.1, -0.05) is 12.1 Å². The third-order valence-corrected chi connectivity index (χ3v) is 4.11. The highest BCUT2D eigenvalue weighted by Crippen LogP contribution is 2.28. The summed E-state index contributed by atoms with van der Waals surface area (Å²) >= 11 is 0. The molecule has 1 aromatic carbocycles.